The molecule has 0 radical (unpaired) electrons. The number of alkyl halides is 3. The summed E-state index contributed by atoms with van der Waals surface area (Å²) in [7, 11) is -1.24. The Labute approximate surface area is 198 Å². The van der Waals surface area contributed by atoms with E-state index in [2.05, 4.69) is 76.5 Å². The van der Waals surface area contributed by atoms with E-state index in [0.29, 0.717) is 5.57 Å². The highest BCUT2D eigenvalue weighted by atomic mass is 79.9. The van der Waals surface area contributed by atoms with Gasteiger partial charge < -0.3 is 14.4 Å². The van der Waals surface area contributed by atoms with Crippen LogP contribution in [-0.4, -0.2) is 25.3 Å². The molecule has 0 saturated carbocycles. The lowest BCUT2D eigenvalue weighted by Gasteiger charge is -2.18. The van der Waals surface area contributed by atoms with Gasteiger partial charge in [-0.05, 0) is 37.1 Å². The van der Waals surface area contributed by atoms with Crippen LogP contribution >= 0.6 is 24.3 Å². The monoisotopic (exact) mass is 521 g/mol. The number of fused-ring (bicyclic) bond motifs is 1. The molecule has 0 aliphatic heterocycles. The Morgan fingerprint density at radius 2 is 1.94 bits per heavy atom. The van der Waals surface area contributed by atoms with E-state index in [0.717, 1.165) is 6.08 Å². The van der Waals surface area contributed by atoms with Crippen molar-refractivity contribution in [1.82, 2.24) is 4.57 Å². The molecule has 2 N–H and O–H groups in total. The number of aromatic nitrogens is 1. The van der Waals surface area contributed by atoms with Crippen LogP contribution < -0.4 is 0 Å². The fourth-order valence-corrected chi connectivity index (χ4v) is 3.89. The van der Waals surface area contributed by atoms with Crippen molar-refractivity contribution in [3.8, 4) is 12.3 Å². The van der Waals surface area contributed by atoms with Gasteiger partial charge in [0.15, 0.2) is 0 Å². The standard InChI is InChI=1S/C16H17N.C9H10BrF2O2P/c1-4-8-13(9-5-2)16-12-14-10-6-7-11-15(14)17(16)3;1-3-7(2)4-5-8(6-10)9(11,12)15(13)14/h4-12H,1H2,2-3H3;1,4-5,13-14H,6H2,2H3/b9-5-,13-8+;7-4-,8-5+. The first-order valence-corrected chi connectivity index (χ1v) is 12.0. The van der Waals surface area contributed by atoms with Gasteiger partial charge in [-0.15, -0.1) is 6.42 Å². The summed E-state index contributed by atoms with van der Waals surface area (Å²) in [5, 5.41) is 1.11. The molecule has 0 bridgehead atoms. The molecule has 0 atom stereocenters. The van der Waals surface area contributed by atoms with Gasteiger partial charge in [0.1, 0.15) is 0 Å². The Kier molecular flexibility index (Phi) is 11.5. The topological polar surface area (TPSA) is 45.4 Å². The van der Waals surface area contributed by atoms with Gasteiger partial charge >= 0.3 is 5.66 Å². The van der Waals surface area contributed by atoms with E-state index in [1.807, 2.05) is 25.2 Å². The van der Waals surface area contributed by atoms with E-state index in [-0.39, 0.29) is 5.33 Å². The van der Waals surface area contributed by atoms with Crippen LogP contribution in [0.1, 0.15) is 19.5 Å². The fraction of sp³-hybridized carbons (Fsp3) is 0.200. The molecule has 1 aromatic carbocycles. The molecular formula is C25H27BrF2NO2P. The van der Waals surface area contributed by atoms with Crippen LogP contribution in [0.4, 0.5) is 8.78 Å². The van der Waals surface area contributed by atoms with Crippen molar-refractivity contribution in [2.75, 3.05) is 5.33 Å². The van der Waals surface area contributed by atoms with Crippen molar-refractivity contribution >= 4 is 40.8 Å². The second-order valence-corrected chi connectivity index (χ2v) is 8.36. The first-order chi connectivity index (χ1) is 15.1. The molecule has 0 aliphatic rings. The molecule has 32 heavy (non-hydrogen) atoms. The van der Waals surface area contributed by atoms with Crippen molar-refractivity contribution in [2.45, 2.75) is 19.5 Å². The lowest BCUT2D eigenvalue weighted by molar-refractivity contribution is 0.115. The second kappa shape index (κ2) is 13.3. The number of benzene rings is 1. The van der Waals surface area contributed by atoms with Crippen molar-refractivity contribution in [3.05, 3.63) is 90.2 Å². The third-order valence-corrected chi connectivity index (χ3v) is 5.83. The summed E-state index contributed by atoms with van der Waals surface area (Å²) in [5.41, 5.74) is 0.0783. The number of aryl methyl sites for hydroxylation is 1. The molecular weight excluding hydrogens is 495 g/mol. The zero-order valence-electron chi connectivity index (χ0n) is 18.3. The number of halogens is 3. The van der Waals surface area contributed by atoms with Crippen molar-refractivity contribution in [1.29, 1.82) is 0 Å². The number of para-hydroxylation sites is 1. The highest BCUT2D eigenvalue weighted by molar-refractivity contribution is 9.09. The third kappa shape index (κ3) is 7.39. The maximum atomic E-state index is 13.1. The quantitative estimate of drug-likeness (QED) is 0.176. The van der Waals surface area contributed by atoms with Gasteiger partial charge in [0, 0.05) is 34.5 Å². The SMILES string of the molecule is C#C/C(C)=C\C=C(/CBr)C(F)(F)P(O)O.C=C/C=C(\C=C/C)c1cc2ccccc2n1C. The minimum Gasteiger partial charge on any atom is -0.346 e. The molecule has 170 valence electrons. The summed E-state index contributed by atoms with van der Waals surface area (Å²) < 4.78 is 28.4. The van der Waals surface area contributed by atoms with E-state index in [4.69, 9.17) is 16.2 Å². The average molecular weight is 522 g/mol. The number of allylic oxidation sites excluding steroid dienone is 9. The van der Waals surface area contributed by atoms with E-state index in [1.165, 1.54) is 28.2 Å². The molecule has 0 saturated heterocycles. The molecule has 0 unspecified atom stereocenters. The van der Waals surface area contributed by atoms with Gasteiger partial charge in [-0.25, -0.2) is 0 Å². The van der Waals surface area contributed by atoms with Gasteiger partial charge in [0.05, 0.1) is 0 Å². The van der Waals surface area contributed by atoms with E-state index < -0.39 is 19.6 Å². The number of hydrogen-bond acceptors (Lipinski definition) is 2. The smallest absolute Gasteiger partial charge is 0.336 e. The third-order valence-electron chi connectivity index (χ3n) is 4.43. The Bertz CT molecular complexity index is 1090. The zero-order valence-corrected chi connectivity index (χ0v) is 20.7. The van der Waals surface area contributed by atoms with Crippen LogP contribution in [0.5, 0.6) is 0 Å². The predicted molar refractivity (Wildman–Crippen MR) is 137 cm³/mol. The van der Waals surface area contributed by atoms with Crippen LogP contribution in [0.3, 0.4) is 0 Å². The number of terminal acetylenes is 1. The predicted octanol–water partition coefficient (Wildman–Crippen LogP) is 7.10. The highest BCUT2D eigenvalue weighted by Crippen LogP contribution is 2.50. The van der Waals surface area contributed by atoms with Gasteiger partial charge in [0.25, 0.3) is 0 Å². The van der Waals surface area contributed by atoms with Crippen LogP contribution in [-0.2, 0) is 7.05 Å². The molecule has 0 aliphatic carbocycles. The van der Waals surface area contributed by atoms with Crippen LogP contribution in [0, 0.1) is 12.3 Å². The van der Waals surface area contributed by atoms with Crippen molar-refractivity contribution in [2.24, 2.45) is 7.05 Å². The molecule has 1 heterocycles. The van der Waals surface area contributed by atoms with E-state index >= 15 is 0 Å². The summed E-state index contributed by atoms with van der Waals surface area (Å²) in [6.45, 7) is 7.38. The molecule has 3 nitrogen and oxygen atoms in total. The summed E-state index contributed by atoms with van der Waals surface area (Å²) in [4.78, 5) is 17.1. The highest BCUT2D eigenvalue weighted by Gasteiger charge is 2.42. The Balaban J connectivity index is 0.000000324. The fourth-order valence-electron chi connectivity index (χ4n) is 2.73. The van der Waals surface area contributed by atoms with E-state index in [9.17, 15) is 8.78 Å². The summed E-state index contributed by atoms with van der Waals surface area (Å²) in [6.07, 6.45) is 15.5. The minimum atomic E-state index is -3.62. The molecule has 0 fully saturated rings. The summed E-state index contributed by atoms with van der Waals surface area (Å²) >= 11 is 2.85. The normalized spacial score (nSPS) is 13.3. The average Bonchev–Trinajstić information content (AvgIpc) is 3.10. The summed E-state index contributed by atoms with van der Waals surface area (Å²) in [6, 6.07) is 10.6. The van der Waals surface area contributed by atoms with Crippen molar-refractivity contribution in [3.63, 3.8) is 0 Å². The number of rotatable bonds is 7. The Hall–Kier alpha value is -2.29. The van der Waals surface area contributed by atoms with Gasteiger partial charge in [-0.1, -0.05) is 83.1 Å². The molecule has 7 heteroatoms. The van der Waals surface area contributed by atoms with Gasteiger partial charge in [-0.3, -0.25) is 0 Å². The largest absolute Gasteiger partial charge is 0.346 e. The molecule has 2 rings (SSSR count). The molecule has 0 spiro atoms. The van der Waals surface area contributed by atoms with Gasteiger partial charge in [0.2, 0.25) is 8.38 Å². The van der Waals surface area contributed by atoms with E-state index in [1.54, 1.807) is 6.92 Å². The minimum absolute atomic E-state index is 0.158. The maximum absolute atomic E-state index is 13.1. The Morgan fingerprint density at radius 1 is 1.28 bits per heavy atom. The summed E-state index contributed by atoms with van der Waals surface area (Å²) in [5.74, 6) is 2.26. The Morgan fingerprint density at radius 3 is 2.44 bits per heavy atom. The van der Waals surface area contributed by atoms with Crippen LogP contribution in [0.2, 0.25) is 0 Å². The number of nitrogens with zero attached hydrogens (tertiary/aromatic N) is 1. The molecule has 2 aromatic rings. The first kappa shape index (κ1) is 27.7. The maximum Gasteiger partial charge on any atom is 0.336 e. The lowest BCUT2D eigenvalue weighted by Crippen LogP contribution is -2.17. The zero-order chi connectivity index (χ0) is 24.3. The number of hydrogen-bond donors (Lipinski definition) is 2. The molecule has 1 aromatic heterocycles. The molecule has 0 amide bonds. The first-order valence-electron chi connectivity index (χ1n) is 9.60. The second-order valence-electron chi connectivity index (χ2n) is 6.66. The lowest BCUT2D eigenvalue weighted by atomic mass is 10.1. The van der Waals surface area contributed by atoms with Crippen molar-refractivity contribution < 1.29 is 18.6 Å². The van der Waals surface area contributed by atoms with Gasteiger partial charge in [-0.2, -0.15) is 8.78 Å². The van der Waals surface area contributed by atoms with Crippen LogP contribution in [0.25, 0.3) is 16.5 Å². The van der Waals surface area contributed by atoms with Crippen LogP contribution in [0.15, 0.2) is 84.5 Å².